The van der Waals surface area contributed by atoms with Gasteiger partial charge < -0.3 is 5.21 Å². The predicted octanol–water partition coefficient (Wildman–Crippen LogP) is 1.88. The van der Waals surface area contributed by atoms with Gasteiger partial charge in [-0.15, -0.1) is 0 Å². The Labute approximate surface area is 85.9 Å². The van der Waals surface area contributed by atoms with Gasteiger partial charge in [-0.2, -0.15) is 0 Å². The van der Waals surface area contributed by atoms with Crippen LogP contribution in [0.5, 0.6) is 0 Å². The lowest BCUT2D eigenvalue weighted by atomic mass is 10.5. The van der Waals surface area contributed by atoms with Crippen LogP contribution >= 0.6 is 24.0 Å². The summed E-state index contributed by atoms with van der Waals surface area (Å²) in [5.41, 5.74) is 0.352. The van der Waals surface area contributed by atoms with Gasteiger partial charge in [-0.05, 0) is 12.1 Å². The SMILES string of the molecule is O/N=C(/[C]=S)CSc1ccccn1. The van der Waals surface area contributed by atoms with Gasteiger partial charge in [0.15, 0.2) is 0 Å². The van der Waals surface area contributed by atoms with Gasteiger partial charge in [-0.25, -0.2) is 4.98 Å². The maximum Gasteiger partial charge on any atom is 0.109 e. The van der Waals surface area contributed by atoms with E-state index in [9.17, 15) is 0 Å². The first-order valence-corrected chi connectivity index (χ1v) is 4.89. The van der Waals surface area contributed by atoms with Crippen molar-refractivity contribution in [2.24, 2.45) is 5.16 Å². The second-order valence-corrected chi connectivity index (χ2v) is 3.31. The number of hydrogen-bond acceptors (Lipinski definition) is 5. The molecular weight excluding hydrogens is 204 g/mol. The highest BCUT2D eigenvalue weighted by Crippen LogP contribution is 2.13. The zero-order chi connectivity index (χ0) is 9.52. The van der Waals surface area contributed by atoms with Gasteiger partial charge >= 0.3 is 0 Å². The average Bonchev–Trinajstić information content (AvgIpc) is 2.21. The van der Waals surface area contributed by atoms with Crippen LogP contribution in [0.4, 0.5) is 0 Å². The van der Waals surface area contributed by atoms with Crippen molar-refractivity contribution in [3.05, 3.63) is 24.4 Å². The zero-order valence-electron chi connectivity index (χ0n) is 6.67. The van der Waals surface area contributed by atoms with E-state index in [1.165, 1.54) is 11.8 Å². The number of thiocarbonyl (C=S) groups is 1. The van der Waals surface area contributed by atoms with Crippen LogP contribution in [0.25, 0.3) is 0 Å². The summed E-state index contributed by atoms with van der Waals surface area (Å²) in [5.74, 6) is 0.483. The second-order valence-electron chi connectivity index (χ2n) is 2.11. The average molecular weight is 211 g/mol. The number of rotatable bonds is 4. The molecular formula is C8H7N2OS2. The van der Waals surface area contributed by atoms with Crippen molar-refractivity contribution in [1.82, 2.24) is 4.98 Å². The summed E-state index contributed by atoms with van der Waals surface area (Å²) in [7, 11) is 0. The minimum atomic E-state index is 0.352. The molecule has 5 heteroatoms. The highest BCUT2D eigenvalue weighted by molar-refractivity contribution is 8.00. The third-order valence-corrected chi connectivity index (χ3v) is 2.42. The van der Waals surface area contributed by atoms with Crippen LogP contribution in [0.2, 0.25) is 0 Å². The van der Waals surface area contributed by atoms with Gasteiger partial charge in [0.2, 0.25) is 0 Å². The molecule has 0 aliphatic rings. The fourth-order valence-electron chi connectivity index (χ4n) is 0.654. The molecule has 1 radical (unpaired) electrons. The van der Waals surface area contributed by atoms with E-state index in [2.05, 4.69) is 27.7 Å². The number of hydrogen-bond donors (Lipinski definition) is 1. The van der Waals surface area contributed by atoms with Gasteiger partial charge in [-0.3, -0.25) is 0 Å². The first-order valence-electron chi connectivity index (χ1n) is 3.49. The number of pyridine rings is 1. The Morgan fingerprint density at radius 2 is 2.54 bits per heavy atom. The lowest BCUT2D eigenvalue weighted by molar-refractivity contribution is 0.320. The Balaban J connectivity index is 2.48. The summed E-state index contributed by atoms with van der Waals surface area (Å²) >= 11 is 5.96. The molecule has 0 atom stereocenters. The van der Waals surface area contributed by atoms with Crippen molar-refractivity contribution in [3.8, 4) is 0 Å². The highest BCUT2D eigenvalue weighted by atomic mass is 32.2. The lowest BCUT2D eigenvalue weighted by Gasteiger charge is -1.97. The quantitative estimate of drug-likeness (QED) is 0.271. The minimum Gasteiger partial charge on any atom is -0.411 e. The predicted molar refractivity (Wildman–Crippen MR) is 56.8 cm³/mol. The zero-order valence-corrected chi connectivity index (χ0v) is 8.31. The molecule has 0 aromatic carbocycles. The molecule has 1 aromatic heterocycles. The van der Waals surface area contributed by atoms with Crippen LogP contribution in [0.15, 0.2) is 34.6 Å². The monoisotopic (exact) mass is 211 g/mol. The Bertz CT molecular complexity index is 300. The van der Waals surface area contributed by atoms with Gasteiger partial charge in [0.1, 0.15) is 5.71 Å². The second kappa shape index (κ2) is 5.66. The molecule has 3 nitrogen and oxygen atoms in total. The third kappa shape index (κ3) is 3.52. The van der Waals surface area contributed by atoms with E-state index in [1.54, 1.807) is 6.20 Å². The molecule has 0 unspecified atom stereocenters. The normalized spacial score (nSPS) is 11.2. The molecule has 0 spiro atoms. The number of oxime groups is 1. The van der Waals surface area contributed by atoms with E-state index in [0.717, 1.165) is 5.03 Å². The summed E-state index contributed by atoms with van der Waals surface area (Å²) in [6, 6.07) is 5.62. The maximum absolute atomic E-state index is 8.43. The highest BCUT2D eigenvalue weighted by Gasteiger charge is 1.98. The van der Waals surface area contributed by atoms with Crippen molar-refractivity contribution in [1.29, 1.82) is 0 Å². The minimum absolute atomic E-state index is 0.352. The molecule has 1 aromatic rings. The Morgan fingerprint density at radius 3 is 3.08 bits per heavy atom. The molecule has 13 heavy (non-hydrogen) atoms. The van der Waals surface area contributed by atoms with Crippen molar-refractivity contribution in [2.75, 3.05) is 5.75 Å². The molecule has 0 aliphatic heterocycles. The molecule has 0 saturated heterocycles. The van der Waals surface area contributed by atoms with Crippen LogP contribution in [0.3, 0.4) is 0 Å². The molecule has 1 rings (SSSR count). The van der Waals surface area contributed by atoms with Gasteiger partial charge in [-0.1, -0.05) is 35.2 Å². The topological polar surface area (TPSA) is 45.5 Å². The smallest absolute Gasteiger partial charge is 0.109 e. The number of thioether (sulfide) groups is 1. The fraction of sp³-hybridized carbons (Fsp3) is 0.125. The van der Waals surface area contributed by atoms with Crippen LogP contribution in [0, 0.1) is 0 Å². The Hall–Kier alpha value is -0.940. The van der Waals surface area contributed by atoms with E-state index in [0.29, 0.717) is 11.5 Å². The summed E-state index contributed by atoms with van der Waals surface area (Å²) in [6.45, 7) is 0. The van der Waals surface area contributed by atoms with Crippen LogP contribution in [0.1, 0.15) is 0 Å². The van der Waals surface area contributed by atoms with E-state index in [-0.39, 0.29) is 0 Å². The summed E-state index contributed by atoms with van der Waals surface area (Å²) in [6.07, 6.45) is 1.71. The van der Waals surface area contributed by atoms with E-state index >= 15 is 0 Å². The maximum atomic E-state index is 8.43. The van der Waals surface area contributed by atoms with E-state index in [4.69, 9.17) is 5.21 Å². The Morgan fingerprint density at radius 1 is 1.69 bits per heavy atom. The lowest BCUT2D eigenvalue weighted by Crippen LogP contribution is -2.01. The van der Waals surface area contributed by atoms with Crippen molar-refractivity contribution < 1.29 is 5.21 Å². The van der Waals surface area contributed by atoms with E-state index < -0.39 is 0 Å². The molecule has 1 N–H and O–H groups in total. The summed E-state index contributed by atoms with van der Waals surface area (Å²) < 4.78 is 0. The molecule has 67 valence electrons. The van der Waals surface area contributed by atoms with Gasteiger partial charge in [0.05, 0.1) is 10.4 Å². The molecule has 0 aliphatic carbocycles. The first-order chi connectivity index (χ1) is 6.36. The number of aromatic nitrogens is 1. The molecule has 0 fully saturated rings. The fourth-order valence-corrected chi connectivity index (χ4v) is 1.58. The van der Waals surface area contributed by atoms with Crippen molar-refractivity contribution in [3.63, 3.8) is 0 Å². The van der Waals surface area contributed by atoms with Crippen LogP contribution in [-0.2, 0) is 0 Å². The Kier molecular flexibility index (Phi) is 4.42. The first kappa shape index (κ1) is 10.1. The third-order valence-electron chi connectivity index (χ3n) is 1.23. The van der Waals surface area contributed by atoms with Gasteiger partial charge in [0.25, 0.3) is 0 Å². The summed E-state index contributed by atoms with van der Waals surface area (Å²) in [4.78, 5) is 4.08. The standard InChI is InChI=1S/C8H7N2OS2/c11-10-7(5-12)6-13-8-3-1-2-4-9-8/h1-4,11H,6H2/b10-7-. The van der Waals surface area contributed by atoms with Crippen LogP contribution < -0.4 is 0 Å². The molecule has 0 amide bonds. The van der Waals surface area contributed by atoms with Crippen molar-refractivity contribution >= 4 is 35.1 Å². The van der Waals surface area contributed by atoms with Crippen LogP contribution in [-0.4, -0.2) is 27.0 Å². The summed E-state index contributed by atoms with van der Waals surface area (Å²) in [5, 5.41) is 14.6. The largest absolute Gasteiger partial charge is 0.411 e. The molecule has 0 saturated carbocycles. The molecule has 1 heterocycles. The van der Waals surface area contributed by atoms with Crippen molar-refractivity contribution in [2.45, 2.75) is 5.03 Å². The number of nitrogens with zero attached hydrogens (tertiary/aromatic N) is 2. The van der Waals surface area contributed by atoms with E-state index in [1.807, 2.05) is 18.2 Å². The molecule has 0 bridgehead atoms. The van der Waals surface area contributed by atoms with Gasteiger partial charge in [0, 0.05) is 11.9 Å².